The van der Waals surface area contributed by atoms with Gasteiger partial charge < -0.3 is 10.1 Å². The summed E-state index contributed by atoms with van der Waals surface area (Å²) < 4.78 is 18.0. The quantitative estimate of drug-likeness (QED) is 0.870. The summed E-state index contributed by atoms with van der Waals surface area (Å²) in [4.78, 5) is 0. The van der Waals surface area contributed by atoms with Crippen LogP contribution in [0.1, 0.15) is 5.56 Å². The summed E-state index contributed by atoms with van der Waals surface area (Å²) in [7, 11) is 1.63. The van der Waals surface area contributed by atoms with Crippen LogP contribution in [0, 0.1) is 11.9 Å². The topological polar surface area (TPSA) is 21.3 Å². The van der Waals surface area contributed by atoms with E-state index in [1.54, 1.807) is 13.2 Å². The fourth-order valence-corrected chi connectivity index (χ4v) is 1.48. The van der Waals surface area contributed by atoms with Crippen LogP contribution in [0.15, 0.2) is 42.5 Å². The van der Waals surface area contributed by atoms with E-state index >= 15 is 0 Å². The van der Waals surface area contributed by atoms with E-state index in [0.717, 1.165) is 11.3 Å². The van der Waals surface area contributed by atoms with Crippen molar-refractivity contribution in [2.24, 2.45) is 0 Å². The van der Waals surface area contributed by atoms with Crippen molar-refractivity contribution >= 4 is 5.69 Å². The zero-order valence-corrected chi connectivity index (χ0v) is 9.53. The van der Waals surface area contributed by atoms with Crippen LogP contribution >= 0.6 is 0 Å². The van der Waals surface area contributed by atoms with Crippen molar-refractivity contribution in [3.05, 3.63) is 59.9 Å². The van der Waals surface area contributed by atoms with Crippen LogP contribution in [0.2, 0.25) is 0 Å². The molecule has 0 bridgehead atoms. The molecule has 0 unspecified atom stereocenters. The molecule has 0 aromatic heterocycles. The van der Waals surface area contributed by atoms with Crippen molar-refractivity contribution in [2.75, 3.05) is 12.4 Å². The predicted molar refractivity (Wildman–Crippen MR) is 65.6 cm³/mol. The van der Waals surface area contributed by atoms with E-state index in [4.69, 9.17) is 4.74 Å². The Morgan fingerprint density at radius 3 is 2.65 bits per heavy atom. The van der Waals surface area contributed by atoms with Crippen LogP contribution in [0.3, 0.4) is 0 Å². The number of rotatable bonds is 4. The first kappa shape index (κ1) is 11.5. The van der Waals surface area contributed by atoms with Crippen molar-refractivity contribution < 1.29 is 9.13 Å². The number of anilines is 1. The van der Waals surface area contributed by atoms with Crippen LogP contribution in [0.5, 0.6) is 5.75 Å². The molecule has 0 saturated carbocycles. The van der Waals surface area contributed by atoms with Gasteiger partial charge in [-0.05, 0) is 35.9 Å². The molecule has 1 N–H and O–H groups in total. The van der Waals surface area contributed by atoms with Crippen LogP contribution in [-0.4, -0.2) is 7.11 Å². The van der Waals surface area contributed by atoms with E-state index in [-0.39, 0.29) is 5.82 Å². The molecular formula is C14H13FNO. The Hall–Kier alpha value is -2.03. The molecule has 17 heavy (non-hydrogen) atoms. The number of ether oxygens (including phenoxy) is 1. The highest BCUT2D eigenvalue weighted by Gasteiger charge is 1.97. The molecule has 87 valence electrons. The van der Waals surface area contributed by atoms with Gasteiger partial charge in [0.1, 0.15) is 11.6 Å². The molecule has 0 aliphatic carbocycles. The minimum Gasteiger partial charge on any atom is -0.497 e. The average Bonchev–Trinajstić information content (AvgIpc) is 2.37. The average molecular weight is 230 g/mol. The highest BCUT2D eigenvalue weighted by Crippen LogP contribution is 2.13. The smallest absolute Gasteiger partial charge is 0.125 e. The lowest BCUT2D eigenvalue weighted by molar-refractivity contribution is 0.414. The molecule has 0 saturated heterocycles. The first-order chi connectivity index (χ1) is 8.28. The third-order valence-corrected chi connectivity index (χ3v) is 2.41. The normalized spacial score (nSPS) is 10.0. The molecular weight excluding hydrogens is 217 g/mol. The Morgan fingerprint density at radius 2 is 2.00 bits per heavy atom. The van der Waals surface area contributed by atoms with Gasteiger partial charge in [-0.1, -0.05) is 12.1 Å². The Morgan fingerprint density at radius 1 is 1.24 bits per heavy atom. The Labute approximate surface area is 100 Å². The predicted octanol–water partition coefficient (Wildman–Crippen LogP) is 3.25. The minimum absolute atomic E-state index is 0.263. The first-order valence-corrected chi connectivity index (χ1v) is 5.32. The highest BCUT2D eigenvalue weighted by atomic mass is 19.1. The number of halogens is 1. The maximum Gasteiger partial charge on any atom is 0.125 e. The maximum atomic E-state index is 12.9. The standard InChI is InChI=1S/C14H13FNO/c1-17-14-7-5-11(6-8-14)10-16-13-4-2-3-12(15)9-13/h2-3,5-9,16H,10H2,1H3. The molecule has 0 aliphatic heterocycles. The second-order valence-electron chi connectivity index (χ2n) is 3.62. The van der Waals surface area contributed by atoms with Crippen LogP contribution in [0.4, 0.5) is 10.1 Å². The van der Waals surface area contributed by atoms with Gasteiger partial charge in [0.05, 0.1) is 7.11 Å². The van der Waals surface area contributed by atoms with Gasteiger partial charge in [0.25, 0.3) is 0 Å². The lowest BCUT2D eigenvalue weighted by Crippen LogP contribution is -1.99. The minimum atomic E-state index is -0.263. The van der Waals surface area contributed by atoms with Gasteiger partial charge >= 0.3 is 0 Å². The summed E-state index contributed by atoms with van der Waals surface area (Å²) in [5.41, 5.74) is 1.75. The summed E-state index contributed by atoms with van der Waals surface area (Å²) in [5.74, 6) is 0.562. The van der Waals surface area contributed by atoms with Gasteiger partial charge in [-0.3, -0.25) is 0 Å². The lowest BCUT2D eigenvalue weighted by Gasteiger charge is -2.07. The number of benzene rings is 2. The molecule has 2 nitrogen and oxygen atoms in total. The summed E-state index contributed by atoms with van der Waals surface area (Å²) in [6.07, 6.45) is 0. The summed E-state index contributed by atoms with van der Waals surface area (Å²) in [6.45, 7) is 0.629. The fourth-order valence-electron chi connectivity index (χ4n) is 1.48. The monoisotopic (exact) mass is 230 g/mol. The third kappa shape index (κ3) is 3.21. The molecule has 0 heterocycles. The highest BCUT2D eigenvalue weighted by molar-refractivity contribution is 5.42. The zero-order chi connectivity index (χ0) is 12.1. The molecule has 0 amide bonds. The molecule has 0 aliphatic rings. The molecule has 0 spiro atoms. The van der Waals surface area contributed by atoms with Crippen LogP contribution in [0.25, 0.3) is 0 Å². The largest absolute Gasteiger partial charge is 0.497 e. The molecule has 2 aromatic rings. The van der Waals surface area contributed by atoms with Crippen molar-refractivity contribution in [3.63, 3.8) is 0 Å². The third-order valence-electron chi connectivity index (χ3n) is 2.41. The molecule has 1 radical (unpaired) electrons. The summed E-state index contributed by atoms with van der Waals surface area (Å²) in [5, 5.41) is 3.10. The SMILES string of the molecule is COc1ccc(CNc2[c]ccc(F)c2)cc1. The van der Waals surface area contributed by atoms with Gasteiger partial charge in [-0.15, -0.1) is 0 Å². The van der Waals surface area contributed by atoms with Crippen molar-refractivity contribution in [3.8, 4) is 5.75 Å². The number of hydrogen-bond donors (Lipinski definition) is 1. The second-order valence-corrected chi connectivity index (χ2v) is 3.62. The Balaban J connectivity index is 1.97. The maximum absolute atomic E-state index is 12.9. The van der Waals surface area contributed by atoms with Crippen molar-refractivity contribution in [1.82, 2.24) is 0 Å². The Bertz CT molecular complexity index is 482. The Kier molecular flexibility index (Phi) is 3.60. The van der Waals surface area contributed by atoms with Gasteiger partial charge in [0, 0.05) is 18.3 Å². The second kappa shape index (κ2) is 5.34. The first-order valence-electron chi connectivity index (χ1n) is 5.32. The van der Waals surface area contributed by atoms with Crippen LogP contribution in [-0.2, 0) is 6.54 Å². The van der Waals surface area contributed by atoms with E-state index in [2.05, 4.69) is 11.4 Å². The van der Waals surface area contributed by atoms with Gasteiger partial charge in [-0.25, -0.2) is 4.39 Å². The van der Waals surface area contributed by atoms with Gasteiger partial charge in [0.15, 0.2) is 0 Å². The van der Waals surface area contributed by atoms with E-state index in [1.807, 2.05) is 24.3 Å². The lowest BCUT2D eigenvalue weighted by atomic mass is 10.2. The van der Waals surface area contributed by atoms with E-state index in [1.165, 1.54) is 12.1 Å². The summed E-state index contributed by atoms with van der Waals surface area (Å²) >= 11 is 0. The number of hydrogen-bond acceptors (Lipinski definition) is 2. The van der Waals surface area contributed by atoms with Crippen molar-refractivity contribution in [2.45, 2.75) is 6.54 Å². The molecule has 2 aromatic carbocycles. The molecule has 0 atom stereocenters. The van der Waals surface area contributed by atoms with Crippen LogP contribution < -0.4 is 10.1 Å². The summed E-state index contributed by atoms with van der Waals surface area (Å²) in [6, 6.07) is 15.0. The molecule has 0 fully saturated rings. The zero-order valence-electron chi connectivity index (χ0n) is 9.53. The number of methoxy groups -OCH3 is 1. The van der Waals surface area contributed by atoms with Gasteiger partial charge in [-0.2, -0.15) is 0 Å². The van der Waals surface area contributed by atoms with Gasteiger partial charge in [0.2, 0.25) is 0 Å². The van der Waals surface area contributed by atoms with Crippen molar-refractivity contribution in [1.29, 1.82) is 0 Å². The molecule has 3 heteroatoms. The van der Waals surface area contributed by atoms with E-state index < -0.39 is 0 Å². The van der Waals surface area contributed by atoms with E-state index in [9.17, 15) is 4.39 Å². The molecule has 2 rings (SSSR count). The number of nitrogens with one attached hydrogen (secondary N) is 1. The fraction of sp³-hybridized carbons (Fsp3) is 0.143. The van der Waals surface area contributed by atoms with E-state index in [0.29, 0.717) is 12.2 Å².